The summed E-state index contributed by atoms with van der Waals surface area (Å²) in [6.45, 7) is 4.70. The zero-order valence-corrected chi connectivity index (χ0v) is 22.2. The molecule has 2 aliphatic rings. The average molecular weight is 535 g/mol. The zero-order valence-electron chi connectivity index (χ0n) is 20.6. The molecular weight excluding hydrogens is 504 g/mol. The molecule has 36 heavy (non-hydrogen) atoms. The van der Waals surface area contributed by atoms with Crippen LogP contribution in [0.3, 0.4) is 0 Å². The second kappa shape index (κ2) is 8.96. The monoisotopic (exact) mass is 534 g/mol. The van der Waals surface area contributed by atoms with Gasteiger partial charge in [0.05, 0.1) is 18.1 Å². The molecule has 0 bridgehead atoms. The molecule has 1 aliphatic carbocycles. The zero-order chi connectivity index (χ0) is 25.8. The maximum Gasteiger partial charge on any atom is 0.332 e. The van der Waals surface area contributed by atoms with Gasteiger partial charge < -0.3 is 4.90 Å². The molecule has 2 fully saturated rings. The highest BCUT2D eigenvalue weighted by atomic mass is 32.2. The Balaban J connectivity index is 1.62. The summed E-state index contributed by atoms with van der Waals surface area (Å²) < 4.78 is 33.3. The van der Waals surface area contributed by atoms with Crippen molar-refractivity contribution in [1.29, 1.82) is 0 Å². The number of likely N-dealkylation sites (tertiary alicyclic amines) is 1. The minimum Gasteiger partial charge on any atom is -0.343 e. The molecule has 0 unspecified atom stereocenters. The molecule has 13 heteroatoms. The van der Waals surface area contributed by atoms with E-state index in [2.05, 4.69) is 9.82 Å². The fourth-order valence-electron chi connectivity index (χ4n) is 4.73. The summed E-state index contributed by atoms with van der Waals surface area (Å²) in [6.07, 6.45) is 6.36. The van der Waals surface area contributed by atoms with Gasteiger partial charge in [0.25, 0.3) is 15.6 Å². The smallest absolute Gasteiger partial charge is 0.332 e. The first kappa shape index (κ1) is 24.9. The first-order chi connectivity index (χ1) is 17.0. The van der Waals surface area contributed by atoms with E-state index in [1.807, 2.05) is 13.8 Å². The molecule has 194 valence electrons. The highest BCUT2D eigenvalue weighted by Crippen LogP contribution is 2.38. The van der Waals surface area contributed by atoms with Crippen molar-refractivity contribution in [1.82, 2.24) is 28.5 Å². The van der Waals surface area contributed by atoms with Crippen LogP contribution in [0.1, 0.15) is 57.6 Å². The van der Waals surface area contributed by atoms with E-state index in [0.717, 1.165) is 28.7 Å². The normalized spacial score (nSPS) is 18.1. The Hall–Kier alpha value is -2.77. The van der Waals surface area contributed by atoms with E-state index in [-0.39, 0.29) is 28.1 Å². The number of aromatic nitrogens is 4. The van der Waals surface area contributed by atoms with Gasteiger partial charge in [0.15, 0.2) is 0 Å². The molecule has 1 N–H and O–H groups in total. The summed E-state index contributed by atoms with van der Waals surface area (Å²) in [5.41, 5.74) is -0.778. The number of aryl methyl sites for hydroxylation is 1. The predicted octanol–water partition coefficient (Wildman–Crippen LogP) is 1.41. The molecule has 0 radical (unpaired) electrons. The van der Waals surface area contributed by atoms with Gasteiger partial charge in [0, 0.05) is 49.9 Å². The van der Waals surface area contributed by atoms with Crippen LogP contribution in [0.25, 0.3) is 10.2 Å². The lowest BCUT2D eigenvalue weighted by Crippen LogP contribution is -2.45. The van der Waals surface area contributed by atoms with Crippen LogP contribution in [-0.4, -0.2) is 56.8 Å². The highest BCUT2D eigenvalue weighted by molar-refractivity contribution is 7.91. The lowest BCUT2D eigenvalue weighted by atomic mass is 10.0. The number of amides is 1. The molecule has 3 aromatic rings. The first-order valence-electron chi connectivity index (χ1n) is 12.1. The summed E-state index contributed by atoms with van der Waals surface area (Å²) in [4.78, 5) is 41.5. The summed E-state index contributed by atoms with van der Waals surface area (Å²) in [5, 5.41) is 4.33. The molecule has 11 nitrogen and oxygen atoms in total. The van der Waals surface area contributed by atoms with E-state index >= 15 is 0 Å². The Labute approximate surface area is 212 Å². The van der Waals surface area contributed by atoms with Crippen molar-refractivity contribution in [2.24, 2.45) is 7.05 Å². The maximum atomic E-state index is 13.7. The van der Waals surface area contributed by atoms with E-state index < -0.39 is 26.8 Å². The van der Waals surface area contributed by atoms with Gasteiger partial charge >= 0.3 is 5.69 Å². The average Bonchev–Trinajstić information content (AvgIpc) is 3.21. The van der Waals surface area contributed by atoms with Crippen LogP contribution in [0, 0.1) is 0 Å². The SMILES string of the molecule is CCC(=O)N1CCC(n2c(=O)n(Cc3cnn(C)c3)c(=O)c3cc(S(=O)(=O)NC4(C)CC4)sc32)CC1. The largest absolute Gasteiger partial charge is 0.343 e. The number of nitrogens with one attached hydrogen (secondary N) is 1. The quantitative estimate of drug-likeness (QED) is 0.488. The van der Waals surface area contributed by atoms with E-state index in [9.17, 15) is 22.8 Å². The van der Waals surface area contributed by atoms with Crippen LogP contribution in [0.2, 0.25) is 0 Å². The predicted molar refractivity (Wildman–Crippen MR) is 136 cm³/mol. The minimum absolute atomic E-state index is 0.0219. The van der Waals surface area contributed by atoms with Crippen LogP contribution >= 0.6 is 11.3 Å². The third-order valence-electron chi connectivity index (χ3n) is 7.05. The van der Waals surface area contributed by atoms with E-state index in [1.54, 1.807) is 33.6 Å². The molecule has 1 saturated carbocycles. The summed E-state index contributed by atoms with van der Waals surface area (Å²) in [6, 6.07) is 1.13. The molecule has 4 heterocycles. The molecule has 1 amide bonds. The Morgan fingerprint density at radius 1 is 1.25 bits per heavy atom. The third kappa shape index (κ3) is 4.55. The van der Waals surface area contributed by atoms with Gasteiger partial charge in [0.2, 0.25) is 5.91 Å². The number of nitrogens with zero attached hydrogens (tertiary/aromatic N) is 5. The molecule has 3 aromatic heterocycles. The third-order valence-corrected chi connectivity index (χ3v) is 10.3. The Morgan fingerprint density at radius 3 is 2.53 bits per heavy atom. The highest BCUT2D eigenvalue weighted by Gasteiger charge is 2.42. The fourth-order valence-corrected chi connectivity index (χ4v) is 7.71. The van der Waals surface area contributed by atoms with Crippen molar-refractivity contribution in [3.63, 3.8) is 0 Å². The molecule has 0 atom stereocenters. The van der Waals surface area contributed by atoms with Crippen molar-refractivity contribution in [2.45, 2.75) is 68.3 Å². The standard InChI is InChI=1S/C23H30N6O5S2/c1-4-18(30)27-9-5-16(6-10-27)29-21-17(11-19(35-21)36(33,34)25-23(2)7-8-23)20(31)28(22(29)32)14-15-12-24-26(3)13-15/h11-13,16,25H,4-10,14H2,1-3H3. The molecule has 5 rings (SSSR count). The number of carbonyl (C=O) groups excluding carboxylic acids is 1. The van der Waals surface area contributed by atoms with Crippen LogP contribution in [0.4, 0.5) is 0 Å². The number of sulfonamides is 1. The number of piperidine rings is 1. The van der Waals surface area contributed by atoms with Crippen molar-refractivity contribution in [3.8, 4) is 0 Å². The molecule has 0 spiro atoms. The van der Waals surface area contributed by atoms with Crippen molar-refractivity contribution >= 4 is 37.5 Å². The van der Waals surface area contributed by atoms with Crippen molar-refractivity contribution in [3.05, 3.63) is 44.9 Å². The number of hydrogen-bond acceptors (Lipinski definition) is 7. The first-order valence-corrected chi connectivity index (χ1v) is 14.4. The topological polar surface area (TPSA) is 128 Å². The van der Waals surface area contributed by atoms with Crippen molar-refractivity contribution in [2.75, 3.05) is 13.1 Å². The number of carbonyl (C=O) groups is 1. The van der Waals surface area contributed by atoms with Gasteiger partial charge in [-0.1, -0.05) is 6.92 Å². The van der Waals surface area contributed by atoms with Gasteiger partial charge in [-0.2, -0.15) is 5.10 Å². The summed E-state index contributed by atoms with van der Waals surface area (Å²) >= 11 is 0.954. The number of hydrogen-bond donors (Lipinski definition) is 1. The lowest BCUT2D eigenvalue weighted by molar-refractivity contribution is -0.132. The van der Waals surface area contributed by atoms with E-state index in [0.29, 0.717) is 42.7 Å². The Kier molecular flexibility index (Phi) is 6.20. The second-order valence-electron chi connectivity index (χ2n) is 9.98. The minimum atomic E-state index is -3.85. The van der Waals surface area contributed by atoms with Crippen LogP contribution in [0.5, 0.6) is 0 Å². The van der Waals surface area contributed by atoms with E-state index in [1.165, 1.54) is 6.07 Å². The van der Waals surface area contributed by atoms with Gasteiger partial charge in [-0.25, -0.2) is 17.9 Å². The fraction of sp³-hybridized carbons (Fsp3) is 0.565. The van der Waals surface area contributed by atoms with Gasteiger partial charge in [-0.15, -0.1) is 11.3 Å². The molecule has 1 aliphatic heterocycles. The van der Waals surface area contributed by atoms with Gasteiger partial charge in [-0.05, 0) is 38.7 Å². The number of rotatable bonds is 7. The molecular formula is C23H30N6O5S2. The lowest BCUT2D eigenvalue weighted by Gasteiger charge is -2.33. The van der Waals surface area contributed by atoms with Crippen molar-refractivity contribution < 1.29 is 13.2 Å². The van der Waals surface area contributed by atoms with Gasteiger partial charge in [0.1, 0.15) is 9.04 Å². The summed E-state index contributed by atoms with van der Waals surface area (Å²) in [7, 11) is -2.09. The Bertz CT molecular complexity index is 1550. The number of thiophene rings is 1. The maximum absolute atomic E-state index is 13.7. The molecule has 1 saturated heterocycles. The van der Waals surface area contributed by atoms with Crippen LogP contribution in [-0.2, 0) is 28.4 Å². The summed E-state index contributed by atoms with van der Waals surface area (Å²) in [5.74, 6) is 0.0663. The molecule has 0 aromatic carbocycles. The van der Waals surface area contributed by atoms with Gasteiger partial charge in [-0.3, -0.25) is 23.4 Å². The second-order valence-corrected chi connectivity index (χ2v) is 12.9. The van der Waals surface area contributed by atoms with E-state index in [4.69, 9.17) is 0 Å². The van der Waals surface area contributed by atoms with Crippen LogP contribution in [0.15, 0.2) is 32.3 Å². The number of fused-ring (bicyclic) bond motifs is 1. The Morgan fingerprint density at radius 2 is 1.94 bits per heavy atom. The van der Waals surface area contributed by atoms with Crippen LogP contribution < -0.4 is 16.0 Å².